The van der Waals surface area contributed by atoms with Gasteiger partial charge in [-0.2, -0.15) is 5.10 Å². The van der Waals surface area contributed by atoms with E-state index in [1.165, 1.54) is 15.6 Å². The summed E-state index contributed by atoms with van der Waals surface area (Å²) in [5, 5.41) is 10.1. The predicted octanol–water partition coefficient (Wildman–Crippen LogP) is 2.26. The average Bonchev–Trinajstić information content (AvgIpc) is 3.22. The van der Waals surface area contributed by atoms with E-state index in [1.807, 2.05) is 31.2 Å². The zero-order valence-electron chi connectivity index (χ0n) is 20.7. The molecule has 0 fully saturated rings. The van der Waals surface area contributed by atoms with Crippen LogP contribution in [0.5, 0.6) is 5.75 Å². The molecule has 9 heteroatoms. The molecule has 34 heavy (non-hydrogen) atoms. The van der Waals surface area contributed by atoms with E-state index in [0.29, 0.717) is 37.7 Å². The quantitative estimate of drug-likeness (QED) is 0.555. The van der Waals surface area contributed by atoms with Crippen LogP contribution in [0.25, 0.3) is 0 Å². The van der Waals surface area contributed by atoms with Gasteiger partial charge in [0, 0.05) is 26.2 Å². The predicted molar refractivity (Wildman–Crippen MR) is 129 cm³/mol. The van der Waals surface area contributed by atoms with Crippen molar-refractivity contribution in [3.05, 3.63) is 47.3 Å². The lowest BCUT2D eigenvalue weighted by molar-refractivity contribution is -0.132. The molecule has 0 saturated heterocycles. The minimum Gasteiger partial charge on any atom is -0.494 e. The van der Waals surface area contributed by atoms with Gasteiger partial charge in [0.15, 0.2) is 5.69 Å². The van der Waals surface area contributed by atoms with Gasteiger partial charge < -0.3 is 20.3 Å². The van der Waals surface area contributed by atoms with Crippen LogP contribution < -0.4 is 15.4 Å². The van der Waals surface area contributed by atoms with Gasteiger partial charge in [0.25, 0.3) is 11.8 Å². The summed E-state index contributed by atoms with van der Waals surface area (Å²) in [5.41, 5.74) is 0.442. The van der Waals surface area contributed by atoms with Crippen LogP contribution in [0.3, 0.4) is 0 Å². The fourth-order valence-electron chi connectivity index (χ4n) is 3.83. The standard InChI is InChI=1S/C25H35N5O4/c1-6-34-19-9-7-18(8-10-19)12-14-26-22(31)20-15-21-23(32)29(5)25(4,16-30(21)28-20)24(33)27-13-11-17(2)3/h7-10,15,17H,6,11-14,16H2,1-5H3,(H,26,31)(H,27,33)/t25-/m0/s1. The molecule has 1 aliphatic heterocycles. The van der Waals surface area contributed by atoms with Crippen LogP contribution in [-0.2, 0) is 17.8 Å². The number of ether oxygens (including phenoxy) is 1. The zero-order valence-corrected chi connectivity index (χ0v) is 20.7. The van der Waals surface area contributed by atoms with Crippen LogP contribution in [0.2, 0.25) is 0 Å². The number of nitrogens with one attached hydrogen (secondary N) is 2. The first-order valence-corrected chi connectivity index (χ1v) is 11.8. The second-order valence-electron chi connectivity index (χ2n) is 9.23. The summed E-state index contributed by atoms with van der Waals surface area (Å²) in [6.45, 7) is 9.60. The van der Waals surface area contributed by atoms with Gasteiger partial charge in [0.05, 0.1) is 13.2 Å². The normalized spacial score (nSPS) is 17.5. The highest BCUT2D eigenvalue weighted by Crippen LogP contribution is 2.26. The first-order valence-electron chi connectivity index (χ1n) is 11.8. The lowest BCUT2D eigenvalue weighted by Gasteiger charge is -2.40. The van der Waals surface area contributed by atoms with Crippen LogP contribution in [-0.4, -0.2) is 64.7 Å². The van der Waals surface area contributed by atoms with Gasteiger partial charge in [-0.05, 0) is 50.3 Å². The molecule has 0 spiro atoms. The first-order chi connectivity index (χ1) is 16.2. The summed E-state index contributed by atoms with van der Waals surface area (Å²) in [6.07, 6.45) is 1.51. The van der Waals surface area contributed by atoms with E-state index in [4.69, 9.17) is 4.74 Å². The highest BCUT2D eigenvalue weighted by Gasteiger charge is 2.46. The van der Waals surface area contributed by atoms with Crippen molar-refractivity contribution in [2.45, 2.75) is 52.6 Å². The molecule has 0 saturated carbocycles. The Morgan fingerprint density at radius 1 is 1.18 bits per heavy atom. The number of carbonyl (C=O) groups is 3. The van der Waals surface area contributed by atoms with Crippen molar-refractivity contribution < 1.29 is 19.1 Å². The van der Waals surface area contributed by atoms with Gasteiger partial charge >= 0.3 is 0 Å². The molecular weight excluding hydrogens is 434 g/mol. The van der Waals surface area contributed by atoms with E-state index in [-0.39, 0.29) is 30.0 Å². The molecule has 1 aromatic heterocycles. The lowest BCUT2D eigenvalue weighted by atomic mass is 9.95. The molecule has 0 radical (unpaired) electrons. The number of rotatable bonds is 10. The Labute approximate surface area is 200 Å². The van der Waals surface area contributed by atoms with Gasteiger partial charge in [-0.25, -0.2) is 0 Å². The molecule has 0 bridgehead atoms. The Bertz CT molecular complexity index is 1030. The SMILES string of the molecule is CCOc1ccc(CCNC(=O)c2cc3n(n2)C[C@@](C)(C(=O)NCCC(C)C)N(C)C3=O)cc1. The van der Waals surface area contributed by atoms with Crippen LogP contribution in [0, 0.1) is 5.92 Å². The number of amides is 3. The van der Waals surface area contributed by atoms with Crippen molar-refractivity contribution in [3.8, 4) is 5.75 Å². The first kappa shape index (κ1) is 25.3. The van der Waals surface area contributed by atoms with E-state index in [0.717, 1.165) is 17.7 Å². The van der Waals surface area contributed by atoms with Crippen LogP contribution in [0.1, 0.15) is 60.7 Å². The molecule has 3 rings (SSSR count). The third kappa shape index (κ3) is 5.58. The molecular formula is C25H35N5O4. The Kier molecular flexibility index (Phi) is 7.96. The average molecular weight is 470 g/mol. The highest BCUT2D eigenvalue weighted by molar-refractivity contribution is 6.01. The third-order valence-electron chi connectivity index (χ3n) is 6.16. The molecule has 0 unspecified atom stereocenters. The van der Waals surface area contributed by atoms with Crippen LogP contribution >= 0.6 is 0 Å². The van der Waals surface area contributed by atoms with Crippen molar-refractivity contribution >= 4 is 17.7 Å². The van der Waals surface area contributed by atoms with E-state index < -0.39 is 5.54 Å². The molecule has 2 N–H and O–H groups in total. The van der Waals surface area contributed by atoms with E-state index in [2.05, 4.69) is 29.6 Å². The van der Waals surface area contributed by atoms with E-state index in [1.54, 1.807) is 14.0 Å². The number of benzene rings is 1. The molecule has 1 atom stereocenters. The number of hydrogen-bond donors (Lipinski definition) is 2. The Morgan fingerprint density at radius 2 is 1.88 bits per heavy atom. The number of hydrogen-bond acceptors (Lipinski definition) is 5. The summed E-state index contributed by atoms with van der Waals surface area (Å²) in [4.78, 5) is 40.0. The Hall–Kier alpha value is -3.36. The fraction of sp³-hybridized carbons (Fsp3) is 0.520. The summed E-state index contributed by atoms with van der Waals surface area (Å²) in [7, 11) is 1.61. The molecule has 1 aliphatic rings. The molecule has 1 aromatic carbocycles. The Morgan fingerprint density at radius 3 is 2.53 bits per heavy atom. The largest absolute Gasteiger partial charge is 0.494 e. The summed E-state index contributed by atoms with van der Waals surface area (Å²) < 4.78 is 6.90. The minimum absolute atomic E-state index is 0.160. The van der Waals surface area contributed by atoms with Crippen molar-refractivity contribution in [2.75, 3.05) is 26.7 Å². The van der Waals surface area contributed by atoms with E-state index >= 15 is 0 Å². The minimum atomic E-state index is -1.09. The summed E-state index contributed by atoms with van der Waals surface area (Å²) >= 11 is 0. The number of fused-ring (bicyclic) bond motifs is 1. The molecule has 3 amide bonds. The number of aromatic nitrogens is 2. The van der Waals surface area contributed by atoms with Crippen LogP contribution in [0.4, 0.5) is 0 Å². The molecule has 184 valence electrons. The maximum atomic E-state index is 13.0. The lowest BCUT2D eigenvalue weighted by Crippen LogP contribution is -2.62. The van der Waals surface area contributed by atoms with E-state index in [9.17, 15) is 14.4 Å². The molecule has 9 nitrogen and oxygen atoms in total. The fourth-order valence-corrected chi connectivity index (χ4v) is 3.83. The maximum absolute atomic E-state index is 13.0. The Balaban J connectivity index is 1.62. The maximum Gasteiger partial charge on any atom is 0.272 e. The van der Waals surface area contributed by atoms with Crippen molar-refractivity contribution in [1.82, 2.24) is 25.3 Å². The summed E-state index contributed by atoms with van der Waals surface area (Å²) in [6, 6.07) is 9.23. The van der Waals surface area contributed by atoms with Gasteiger partial charge in [-0.15, -0.1) is 0 Å². The van der Waals surface area contributed by atoms with Crippen LogP contribution in [0.15, 0.2) is 30.3 Å². The van der Waals surface area contributed by atoms with Gasteiger partial charge in [0.1, 0.15) is 17.0 Å². The van der Waals surface area contributed by atoms with Gasteiger partial charge in [-0.3, -0.25) is 19.1 Å². The topological polar surface area (TPSA) is 106 Å². The van der Waals surface area contributed by atoms with Crippen molar-refractivity contribution in [3.63, 3.8) is 0 Å². The third-order valence-corrected chi connectivity index (χ3v) is 6.16. The van der Waals surface area contributed by atoms with Gasteiger partial charge in [-0.1, -0.05) is 26.0 Å². The highest BCUT2D eigenvalue weighted by atomic mass is 16.5. The van der Waals surface area contributed by atoms with Gasteiger partial charge in [0.2, 0.25) is 5.91 Å². The smallest absolute Gasteiger partial charge is 0.272 e. The molecule has 2 heterocycles. The molecule has 0 aliphatic carbocycles. The zero-order chi connectivity index (χ0) is 24.9. The number of carbonyl (C=O) groups excluding carboxylic acids is 3. The number of likely N-dealkylation sites (N-methyl/N-ethyl adjacent to an activating group) is 1. The second-order valence-corrected chi connectivity index (χ2v) is 9.23. The van der Waals surface area contributed by atoms with Crippen molar-refractivity contribution in [2.24, 2.45) is 5.92 Å². The second kappa shape index (κ2) is 10.7. The number of nitrogens with zero attached hydrogens (tertiary/aromatic N) is 3. The monoisotopic (exact) mass is 469 g/mol. The molecule has 2 aromatic rings. The summed E-state index contributed by atoms with van der Waals surface area (Å²) in [5.74, 6) is 0.354. The van der Waals surface area contributed by atoms with Crippen molar-refractivity contribution in [1.29, 1.82) is 0 Å².